The van der Waals surface area contributed by atoms with Crippen molar-refractivity contribution in [1.29, 1.82) is 0 Å². The van der Waals surface area contributed by atoms with Gasteiger partial charge in [0.15, 0.2) is 0 Å². The molecule has 2 aliphatic rings. The molecule has 10 heteroatoms. The van der Waals surface area contributed by atoms with Crippen molar-refractivity contribution >= 4 is 28.3 Å². The third-order valence-electron chi connectivity index (χ3n) is 6.63. The third-order valence-corrected chi connectivity index (χ3v) is 6.87. The second-order valence-electron chi connectivity index (χ2n) is 9.17. The van der Waals surface area contributed by atoms with E-state index in [-0.39, 0.29) is 34.0 Å². The van der Waals surface area contributed by atoms with Gasteiger partial charge in [-0.1, -0.05) is 11.6 Å². The lowest BCUT2D eigenvalue weighted by atomic mass is 10.1. The second-order valence-corrected chi connectivity index (χ2v) is 9.60. The molecule has 3 aromatic heterocycles. The summed E-state index contributed by atoms with van der Waals surface area (Å²) in [7, 11) is 1.87. The van der Waals surface area contributed by atoms with Gasteiger partial charge < -0.3 is 9.64 Å². The first kappa shape index (κ1) is 22.2. The molecule has 35 heavy (non-hydrogen) atoms. The zero-order valence-electron chi connectivity index (χ0n) is 19.4. The Hall–Kier alpha value is -3.30. The van der Waals surface area contributed by atoms with E-state index in [0.717, 1.165) is 18.4 Å². The highest BCUT2D eigenvalue weighted by atomic mass is 35.5. The first-order valence-electron chi connectivity index (χ1n) is 11.6. The number of aromatic nitrogens is 5. The van der Waals surface area contributed by atoms with E-state index >= 15 is 4.39 Å². The van der Waals surface area contributed by atoms with E-state index in [4.69, 9.17) is 26.3 Å². The summed E-state index contributed by atoms with van der Waals surface area (Å²) in [4.78, 5) is 25.3. The molecule has 0 amide bonds. The number of pyridine rings is 1. The van der Waals surface area contributed by atoms with Crippen molar-refractivity contribution in [3.63, 3.8) is 0 Å². The maximum absolute atomic E-state index is 15.1. The monoisotopic (exact) mass is 494 g/mol. The van der Waals surface area contributed by atoms with Gasteiger partial charge in [0.25, 0.3) is 5.56 Å². The molecule has 8 nitrogen and oxygen atoms in total. The van der Waals surface area contributed by atoms with E-state index in [2.05, 4.69) is 10.00 Å². The fourth-order valence-electron chi connectivity index (χ4n) is 4.78. The number of aryl methyl sites for hydroxylation is 2. The maximum atomic E-state index is 15.1. The summed E-state index contributed by atoms with van der Waals surface area (Å²) in [6.07, 6.45) is 5.42. The predicted molar refractivity (Wildman–Crippen MR) is 131 cm³/mol. The Balaban J connectivity index is 1.52. The van der Waals surface area contributed by atoms with Crippen molar-refractivity contribution in [2.45, 2.75) is 31.9 Å². The summed E-state index contributed by atoms with van der Waals surface area (Å²) < 4.78 is 24.6. The van der Waals surface area contributed by atoms with E-state index < -0.39 is 5.82 Å². The minimum Gasteiger partial charge on any atom is -0.370 e. The molecule has 0 unspecified atom stereocenters. The van der Waals surface area contributed by atoms with Gasteiger partial charge in [-0.05, 0) is 38.0 Å². The topological polar surface area (TPSA) is 78.1 Å². The van der Waals surface area contributed by atoms with Gasteiger partial charge in [-0.25, -0.2) is 14.4 Å². The molecule has 1 atom stereocenters. The van der Waals surface area contributed by atoms with Gasteiger partial charge >= 0.3 is 0 Å². The Morgan fingerprint density at radius 3 is 2.74 bits per heavy atom. The van der Waals surface area contributed by atoms with Gasteiger partial charge in [0.1, 0.15) is 23.6 Å². The number of ether oxygens (including phenoxy) is 1. The quantitative estimate of drug-likeness (QED) is 0.423. The zero-order valence-corrected chi connectivity index (χ0v) is 20.2. The van der Waals surface area contributed by atoms with Crippen LogP contribution in [0.4, 0.5) is 10.2 Å². The molecule has 0 spiro atoms. The molecule has 1 aliphatic carbocycles. The molecule has 1 saturated heterocycles. The number of morpholine rings is 1. The number of fused-ring (bicyclic) bond motifs is 1. The average molecular weight is 495 g/mol. The molecular formula is C25H24ClFN6O2. The van der Waals surface area contributed by atoms with Crippen LogP contribution in [-0.2, 0) is 11.8 Å². The van der Waals surface area contributed by atoms with Crippen molar-refractivity contribution in [3.8, 4) is 11.3 Å². The Morgan fingerprint density at radius 1 is 1.20 bits per heavy atom. The first-order valence-corrected chi connectivity index (χ1v) is 12.0. The Morgan fingerprint density at radius 2 is 2.03 bits per heavy atom. The zero-order chi connectivity index (χ0) is 24.3. The van der Waals surface area contributed by atoms with Crippen LogP contribution >= 0.6 is 11.6 Å². The normalized spacial score (nSPS) is 18.4. The summed E-state index contributed by atoms with van der Waals surface area (Å²) in [6, 6.07) is 6.38. The summed E-state index contributed by atoms with van der Waals surface area (Å²) in [5.74, 6) is 0.742. The van der Waals surface area contributed by atoms with Gasteiger partial charge in [-0.3, -0.25) is 14.0 Å². The SMILES string of the molecule is Cc1nc2cc(N3CCO[C@H](c4cnn(C)c4)C3)nc(-c3ccc(Cl)cc3F)c2c(=O)n1C1CC1. The van der Waals surface area contributed by atoms with Crippen LogP contribution in [0.15, 0.2) is 41.5 Å². The van der Waals surface area contributed by atoms with Gasteiger partial charge in [-0.15, -0.1) is 0 Å². The van der Waals surface area contributed by atoms with Gasteiger partial charge in [0, 0.05) is 54.6 Å². The molecule has 4 heterocycles. The standard InChI is InChI=1S/C25H24ClFN6O2/c1-14-29-20-10-22(32-7-8-35-21(13-32)15-11-28-31(2)12-15)30-24(18-6-3-16(26)9-19(18)27)23(20)25(34)33(14)17-4-5-17/h3,6,9-12,17,21H,4-5,7-8,13H2,1-2H3/t21-/m0/s1. The van der Waals surface area contributed by atoms with E-state index in [1.54, 1.807) is 27.6 Å². The highest BCUT2D eigenvalue weighted by molar-refractivity contribution is 6.30. The van der Waals surface area contributed by atoms with Gasteiger partial charge in [-0.2, -0.15) is 5.10 Å². The summed E-state index contributed by atoms with van der Waals surface area (Å²) in [5, 5.41) is 4.86. The maximum Gasteiger partial charge on any atom is 0.263 e. The van der Waals surface area contributed by atoms with Crippen LogP contribution in [-0.4, -0.2) is 44.0 Å². The van der Waals surface area contributed by atoms with E-state index in [1.807, 2.05) is 26.2 Å². The average Bonchev–Trinajstić information content (AvgIpc) is 3.57. The Kier molecular flexibility index (Phi) is 5.34. The number of rotatable bonds is 4. The largest absolute Gasteiger partial charge is 0.370 e. The molecule has 2 fully saturated rings. The lowest BCUT2D eigenvalue weighted by Gasteiger charge is -2.33. The minimum atomic E-state index is -0.531. The van der Waals surface area contributed by atoms with Crippen molar-refractivity contribution in [3.05, 3.63) is 69.2 Å². The summed E-state index contributed by atoms with van der Waals surface area (Å²) in [6.45, 7) is 3.50. The number of anilines is 1. The van der Waals surface area contributed by atoms with Crippen LogP contribution in [0, 0.1) is 12.7 Å². The van der Waals surface area contributed by atoms with Crippen molar-refractivity contribution in [2.75, 3.05) is 24.6 Å². The molecule has 0 bridgehead atoms. The molecular weight excluding hydrogens is 471 g/mol. The molecule has 1 saturated carbocycles. The third kappa shape index (κ3) is 3.98. The number of nitrogens with zero attached hydrogens (tertiary/aromatic N) is 6. The fourth-order valence-corrected chi connectivity index (χ4v) is 4.94. The number of benzene rings is 1. The van der Waals surface area contributed by atoms with Crippen molar-refractivity contribution in [2.24, 2.45) is 7.05 Å². The molecule has 4 aromatic rings. The van der Waals surface area contributed by atoms with Crippen LogP contribution in [0.5, 0.6) is 0 Å². The van der Waals surface area contributed by atoms with Crippen molar-refractivity contribution < 1.29 is 9.13 Å². The predicted octanol–water partition coefficient (Wildman–Crippen LogP) is 4.21. The lowest BCUT2D eigenvalue weighted by Crippen LogP contribution is -2.39. The molecule has 0 radical (unpaired) electrons. The highest BCUT2D eigenvalue weighted by Crippen LogP contribution is 2.37. The van der Waals surface area contributed by atoms with E-state index in [0.29, 0.717) is 42.2 Å². The smallest absolute Gasteiger partial charge is 0.263 e. The van der Waals surface area contributed by atoms with Crippen LogP contribution < -0.4 is 10.5 Å². The van der Waals surface area contributed by atoms with Gasteiger partial charge in [0.2, 0.25) is 0 Å². The molecule has 180 valence electrons. The van der Waals surface area contributed by atoms with Crippen molar-refractivity contribution in [1.82, 2.24) is 24.3 Å². The van der Waals surface area contributed by atoms with Crippen LogP contribution in [0.1, 0.15) is 36.4 Å². The molecule has 1 aromatic carbocycles. The second kappa shape index (κ2) is 8.42. The Bertz CT molecular complexity index is 1510. The van der Waals surface area contributed by atoms with Crippen LogP contribution in [0.2, 0.25) is 5.02 Å². The molecule has 1 aliphatic heterocycles. The molecule has 6 rings (SSSR count). The summed E-state index contributed by atoms with van der Waals surface area (Å²) >= 11 is 6.01. The van der Waals surface area contributed by atoms with E-state index in [1.165, 1.54) is 6.07 Å². The summed E-state index contributed by atoms with van der Waals surface area (Å²) in [5.41, 5.74) is 1.80. The highest BCUT2D eigenvalue weighted by Gasteiger charge is 2.30. The van der Waals surface area contributed by atoms with E-state index in [9.17, 15) is 4.79 Å². The van der Waals surface area contributed by atoms with Crippen LogP contribution in [0.3, 0.4) is 0 Å². The minimum absolute atomic E-state index is 0.140. The van der Waals surface area contributed by atoms with Crippen LogP contribution in [0.25, 0.3) is 22.2 Å². The first-order chi connectivity index (χ1) is 16.9. The number of halogens is 2. The number of hydrogen-bond donors (Lipinski definition) is 0. The number of hydrogen-bond acceptors (Lipinski definition) is 6. The lowest BCUT2D eigenvalue weighted by molar-refractivity contribution is 0.0395. The molecule has 0 N–H and O–H groups in total. The fraction of sp³-hybridized carbons (Fsp3) is 0.360. The van der Waals surface area contributed by atoms with Gasteiger partial charge in [0.05, 0.1) is 29.4 Å². The Labute approximate surface area is 205 Å².